The summed E-state index contributed by atoms with van der Waals surface area (Å²) in [5, 5.41) is 2.77. The van der Waals surface area contributed by atoms with Gasteiger partial charge in [-0.05, 0) is 17.7 Å². The summed E-state index contributed by atoms with van der Waals surface area (Å²) >= 11 is 0. The first-order valence-corrected chi connectivity index (χ1v) is 5.67. The van der Waals surface area contributed by atoms with Gasteiger partial charge < -0.3 is 11.1 Å². The number of nitrogens with one attached hydrogen (secondary N) is 1. The predicted molar refractivity (Wildman–Crippen MR) is 62.8 cm³/mol. The van der Waals surface area contributed by atoms with Gasteiger partial charge in [0, 0.05) is 25.7 Å². The van der Waals surface area contributed by atoms with Gasteiger partial charge in [-0.25, -0.2) is 4.39 Å². The van der Waals surface area contributed by atoms with Crippen molar-refractivity contribution in [2.45, 2.75) is 6.04 Å². The van der Waals surface area contributed by atoms with Crippen molar-refractivity contribution in [3.05, 3.63) is 35.6 Å². The van der Waals surface area contributed by atoms with Gasteiger partial charge in [0.15, 0.2) is 0 Å². The van der Waals surface area contributed by atoms with E-state index < -0.39 is 0 Å². The monoisotopic (exact) mass is 237 g/mol. The summed E-state index contributed by atoms with van der Waals surface area (Å²) in [4.78, 5) is 13.3. The van der Waals surface area contributed by atoms with Gasteiger partial charge in [0.1, 0.15) is 5.82 Å². The fourth-order valence-electron chi connectivity index (χ4n) is 2.11. The quantitative estimate of drug-likeness (QED) is 0.792. The third-order valence-corrected chi connectivity index (χ3v) is 2.99. The first kappa shape index (κ1) is 12.0. The van der Waals surface area contributed by atoms with Gasteiger partial charge in [-0.1, -0.05) is 12.1 Å². The van der Waals surface area contributed by atoms with Crippen molar-refractivity contribution in [2.24, 2.45) is 5.73 Å². The molecule has 1 aliphatic heterocycles. The van der Waals surface area contributed by atoms with Crippen LogP contribution in [0.1, 0.15) is 11.6 Å². The van der Waals surface area contributed by atoms with E-state index >= 15 is 0 Å². The molecule has 1 fully saturated rings. The SMILES string of the molecule is NCC(c1ccc(F)cc1)N1CCNC(=O)C1. The van der Waals surface area contributed by atoms with Gasteiger partial charge in [0.25, 0.3) is 0 Å². The van der Waals surface area contributed by atoms with Crippen molar-refractivity contribution in [3.8, 4) is 0 Å². The highest BCUT2D eigenvalue weighted by molar-refractivity contribution is 5.78. The minimum absolute atomic E-state index is 0.0109. The molecule has 92 valence electrons. The Labute approximate surface area is 99.6 Å². The molecule has 1 aliphatic rings. The molecular weight excluding hydrogens is 221 g/mol. The smallest absolute Gasteiger partial charge is 0.234 e. The molecule has 5 heteroatoms. The molecule has 0 aliphatic carbocycles. The summed E-state index contributed by atoms with van der Waals surface area (Å²) in [5.74, 6) is -0.252. The molecule has 0 saturated carbocycles. The average Bonchev–Trinajstić information content (AvgIpc) is 2.33. The Hall–Kier alpha value is -1.46. The van der Waals surface area contributed by atoms with Crippen LogP contribution in [0.3, 0.4) is 0 Å². The molecule has 0 radical (unpaired) electrons. The number of hydrogen-bond acceptors (Lipinski definition) is 3. The fraction of sp³-hybridized carbons (Fsp3) is 0.417. The maximum atomic E-state index is 12.8. The molecule has 1 saturated heterocycles. The lowest BCUT2D eigenvalue weighted by molar-refractivity contribution is -0.124. The minimum Gasteiger partial charge on any atom is -0.354 e. The molecule has 0 bridgehead atoms. The van der Waals surface area contributed by atoms with Crippen LogP contribution in [-0.2, 0) is 4.79 Å². The Morgan fingerprint density at radius 2 is 2.12 bits per heavy atom. The van der Waals surface area contributed by atoms with E-state index in [0.717, 1.165) is 12.1 Å². The third-order valence-electron chi connectivity index (χ3n) is 2.99. The van der Waals surface area contributed by atoms with E-state index in [1.807, 2.05) is 4.90 Å². The molecule has 1 aromatic carbocycles. The van der Waals surface area contributed by atoms with Crippen molar-refractivity contribution in [3.63, 3.8) is 0 Å². The van der Waals surface area contributed by atoms with Crippen LogP contribution in [0.2, 0.25) is 0 Å². The van der Waals surface area contributed by atoms with Crippen molar-refractivity contribution < 1.29 is 9.18 Å². The van der Waals surface area contributed by atoms with Gasteiger partial charge in [-0.2, -0.15) is 0 Å². The number of carbonyl (C=O) groups excluding carboxylic acids is 1. The highest BCUT2D eigenvalue weighted by atomic mass is 19.1. The second kappa shape index (κ2) is 5.25. The molecule has 0 aromatic heterocycles. The minimum atomic E-state index is -0.263. The molecule has 1 aromatic rings. The lowest BCUT2D eigenvalue weighted by Gasteiger charge is -2.33. The number of amides is 1. The number of carbonyl (C=O) groups is 1. The van der Waals surface area contributed by atoms with Crippen LogP contribution < -0.4 is 11.1 Å². The number of hydrogen-bond donors (Lipinski definition) is 2. The van der Waals surface area contributed by atoms with E-state index in [0.29, 0.717) is 19.6 Å². The van der Waals surface area contributed by atoms with Crippen LogP contribution in [-0.4, -0.2) is 37.0 Å². The highest BCUT2D eigenvalue weighted by Gasteiger charge is 2.24. The molecule has 1 unspecified atom stereocenters. The maximum Gasteiger partial charge on any atom is 0.234 e. The number of rotatable bonds is 3. The predicted octanol–water partition coefficient (Wildman–Crippen LogP) is 0.257. The summed E-state index contributed by atoms with van der Waals surface area (Å²) < 4.78 is 12.8. The van der Waals surface area contributed by atoms with E-state index in [2.05, 4.69) is 5.32 Å². The van der Waals surface area contributed by atoms with Crippen molar-refractivity contribution >= 4 is 5.91 Å². The van der Waals surface area contributed by atoms with Gasteiger partial charge in [-0.3, -0.25) is 9.69 Å². The highest BCUT2D eigenvalue weighted by Crippen LogP contribution is 2.20. The van der Waals surface area contributed by atoms with Crippen LogP contribution in [0.4, 0.5) is 4.39 Å². The zero-order chi connectivity index (χ0) is 12.3. The second-order valence-corrected chi connectivity index (χ2v) is 4.12. The zero-order valence-corrected chi connectivity index (χ0v) is 9.53. The molecule has 4 nitrogen and oxygen atoms in total. The summed E-state index contributed by atoms with van der Waals surface area (Å²) in [6.07, 6.45) is 0. The molecule has 0 spiro atoms. The summed E-state index contributed by atoms with van der Waals surface area (Å²) in [5.41, 5.74) is 6.70. The number of halogens is 1. The molecule has 1 amide bonds. The van der Waals surface area contributed by atoms with E-state index in [1.165, 1.54) is 12.1 Å². The van der Waals surface area contributed by atoms with Crippen molar-refractivity contribution in [1.29, 1.82) is 0 Å². The normalized spacial score (nSPS) is 18.8. The first-order valence-electron chi connectivity index (χ1n) is 5.67. The number of nitrogens with two attached hydrogens (primary N) is 1. The molecular formula is C12H16FN3O. The Balaban J connectivity index is 2.15. The maximum absolute atomic E-state index is 12.8. The van der Waals surface area contributed by atoms with E-state index in [1.54, 1.807) is 12.1 Å². The van der Waals surface area contributed by atoms with Crippen LogP contribution in [0.15, 0.2) is 24.3 Å². The molecule has 1 heterocycles. The lowest BCUT2D eigenvalue weighted by Crippen LogP contribution is -2.50. The van der Waals surface area contributed by atoms with E-state index in [-0.39, 0.29) is 17.8 Å². The molecule has 17 heavy (non-hydrogen) atoms. The van der Waals surface area contributed by atoms with Crippen LogP contribution >= 0.6 is 0 Å². The van der Waals surface area contributed by atoms with Crippen LogP contribution in [0.25, 0.3) is 0 Å². The molecule has 1 atom stereocenters. The molecule has 3 N–H and O–H groups in total. The van der Waals surface area contributed by atoms with Gasteiger partial charge in [0.2, 0.25) is 5.91 Å². The number of benzene rings is 1. The van der Waals surface area contributed by atoms with Crippen molar-refractivity contribution in [2.75, 3.05) is 26.2 Å². The Morgan fingerprint density at radius 3 is 2.71 bits per heavy atom. The third kappa shape index (κ3) is 2.81. The zero-order valence-electron chi connectivity index (χ0n) is 9.53. The lowest BCUT2D eigenvalue weighted by atomic mass is 10.0. The average molecular weight is 237 g/mol. The Kier molecular flexibility index (Phi) is 3.71. The summed E-state index contributed by atoms with van der Waals surface area (Å²) in [6, 6.07) is 6.25. The van der Waals surface area contributed by atoms with Gasteiger partial charge in [0.05, 0.1) is 6.54 Å². The van der Waals surface area contributed by atoms with Gasteiger partial charge in [-0.15, -0.1) is 0 Å². The topological polar surface area (TPSA) is 58.4 Å². The second-order valence-electron chi connectivity index (χ2n) is 4.12. The van der Waals surface area contributed by atoms with Crippen LogP contribution in [0.5, 0.6) is 0 Å². The number of nitrogens with zero attached hydrogens (tertiary/aromatic N) is 1. The largest absolute Gasteiger partial charge is 0.354 e. The Bertz CT molecular complexity index is 393. The van der Waals surface area contributed by atoms with Crippen molar-refractivity contribution in [1.82, 2.24) is 10.2 Å². The number of piperazine rings is 1. The summed E-state index contributed by atoms with van der Waals surface area (Å²) in [7, 11) is 0. The standard InChI is InChI=1S/C12H16FN3O/c13-10-3-1-9(2-4-10)11(7-14)16-6-5-15-12(17)8-16/h1-4,11H,5-8,14H2,(H,15,17). The van der Waals surface area contributed by atoms with Gasteiger partial charge >= 0.3 is 0 Å². The van der Waals surface area contributed by atoms with Crippen LogP contribution in [0, 0.1) is 5.82 Å². The molecule has 2 rings (SSSR count). The Morgan fingerprint density at radius 1 is 1.41 bits per heavy atom. The fourth-order valence-corrected chi connectivity index (χ4v) is 2.11. The van der Waals surface area contributed by atoms with E-state index in [4.69, 9.17) is 5.73 Å². The first-order chi connectivity index (χ1) is 8.20. The summed E-state index contributed by atoms with van der Waals surface area (Å²) in [6.45, 7) is 2.17. The van der Waals surface area contributed by atoms with E-state index in [9.17, 15) is 9.18 Å².